The summed E-state index contributed by atoms with van der Waals surface area (Å²) in [6.07, 6.45) is -1.85. The van der Waals surface area contributed by atoms with Gasteiger partial charge in [0.15, 0.2) is 12.2 Å². The zero-order valence-electron chi connectivity index (χ0n) is 9.71. The molecule has 1 aliphatic heterocycles. The van der Waals surface area contributed by atoms with Crippen LogP contribution in [0.1, 0.15) is 1.43 Å². The molecule has 1 aromatic rings. The van der Waals surface area contributed by atoms with Crippen molar-refractivity contribution < 1.29 is 72.2 Å². The summed E-state index contributed by atoms with van der Waals surface area (Å²) >= 11 is 0. The Labute approximate surface area is 136 Å². The summed E-state index contributed by atoms with van der Waals surface area (Å²) in [6, 6.07) is 8.81. The van der Waals surface area contributed by atoms with E-state index in [9.17, 15) is 9.59 Å². The second kappa shape index (κ2) is 5.90. The zero-order chi connectivity index (χ0) is 10.8. The first-order chi connectivity index (χ1) is 7.18. The van der Waals surface area contributed by atoms with Crippen molar-refractivity contribution in [3.8, 4) is 0 Å². The maximum atomic E-state index is 11.4. The number of aliphatic carboxylic acids is 1. The van der Waals surface area contributed by atoms with Crippen molar-refractivity contribution in [2.75, 3.05) is 5.32 Å². The van der Waals surface area contributed by atoms with Crippen LogP contribution in [0.2, 0.25) is 0 Å². The third kappa shape index (κ3) is 3.37. The van der Waals surface area contributed by atoms with E-state index >= 15 is 0 Å². The first-order valence-corrected chi connectivity index (χ1v) is 4.42. The summed E-state index contributed by atoms with van der Waals surface area (Å²) in [6.45, 7) is 0. The molecule has 2 N–H and O–H groups in total. The van der Waals surface area contributed by atoms with Crippen molar-refractivity contribution in [3.05, 3.63) is 30.3 Å². The van der Waals surface area contributed by atoms with Gasteiger partial charge in [0.2, 0.25) is 0 Å². The molecule has 0 aromatic heterocycles. The molecule has 1 aliphatic rings. The van der Waals surface area contributed by atoms with Crippen LogP contribution in [0.15, 0.2) is 30.3 Å². The van der Waals surface area contributed by atoms with E-state index in [1.54, 1.807) is 24.3 Å². The van der Waals surface area contributed by atoms with E-state index in [0.29, 0.717) is 5.69 Å². The van der Waals surface area contributed by atoms with Gasteiger partial charge in [0.25, 0.3) is 5.91 Å². The van der Waals surface area contributed by atoms with Gasteiger partial charge in [-0.05, 0) is 12.1 Å². The van der Waals surface area contributed by atoms with Gasteiger partial charge in [-0.3, -0.25) is 4.79 Å². The van der Waals surface area contributed by atoms with Crippen LogP contribution in [0.3, 0.4) is 0 Å². The number of epoxide rings is 1. The number of amides is 1. The average molecular weight is 247 g/mol. The number of carbonyl (C=O) groups excluding carboxylic acids is 1. The molecule has 16 heavy (non-hydrogen) atoms. The van der Waals surface area contributed by atoms with E-state index in [0.717, 1.165) is 0 Å². The molecule has 2 atom stereocenters. The number of carboxylic acid groups (broad SMARTS) is 1. The number of rotatable bonds is 3. The van der Waals surface area contributed by atoms with Crippen LogP contribution < -0.4 is 56.7 Å². The van der Waals surface area contributed by atoms with E-state index < -0.39 is 24.1 Å². The van der Waals surface area contributed by atoms with Gasteiger partial charge in [-0.2, -0.15) is 0 Å². The number of benzene rings is 1. The van der Waals surface area contributed by atoms with Gasteiger partial charge in [-0.15, -0.1) is 0 Å². The Bertz CT molecular complexity index is 401. The SMILES string of the molecule is O=C(O)C1OC1C(=O)Nc1ccccc1.[H-].[K+]. The predicted molar refractivity (Wildman–Crippen MR) is 52.5 cm³/mol. The van der Waals surface area contributed by atoms with Crippen molar-refractivity contribution in [1.29, 1.82) is 0 Å². The standard InChI is InChI=1S/C10H9NO4.K.H/c12-9(7-8(15-7)10(13)14)11-6-4-2-1-3-5-6;;/h1-5,7-8H,(H,11,12)(H,13,14);;/q;+1;-1. The summed E-state index contributed by atoms with van der Waals surface area (Å²) in [5.41, 5.74) is 0.627. The normalized spacial score (nSPS) is 21.8. The molecule has 6 heteroatoms. The molecule has 0 aliphatic carbocycles. The minimum atomic E-state index is -1.11. The summed E-state index contributed by atoms with van der Waals surface area (Å²) < 4.78 is 4.70. The molecule has 2 rings (SSSR count). The summed E-state index contributed by atoms with van der Waals surface area (Å²) in [5.74, 6) is -1.53. The van der Waals surface area contributed by atoms with E-state index in [1.807, 2.05) is 6.07 Å². The van der Waals surface area contributed by atoms with Gasteiger partial charge in [0.1, 0.15) is 0 Å². The van der Waals surface area contributed by atoms with Crippen molar-refractivity contribution in [3.63, 3.8) is 0 Å². The van der Waals surface area contributed by atoms with Crippen LogP contribution >= 0.6 is 0 Å². The molecular formula is C10H10KNO4. The quantitative estimate of drug-likeness (QED) is 0.461. The first kappa shape index (κ1) is 13.8. The molecule has 5 nitrogen and oxygen atoms in total. The smallest absolute Gasteiger partial charge is 1.00 e. The topological polar surface area (TPSA) is 78.9 Å². The van der Waals surface area contributed by atoms with Crippen molar-refractivity contribution in [2.24, 2.45) is 0 Å². The van der Waals surface area contributed by atoms with Crippen molar-refractivity contribution >= 4 is 17.6 Å². The van der Waals surface area contributed by atoms with Crippen LogP contribution in [-0.2, 0) is 14.3 Å². The largest absolute Gasteiger partial charge is 1.00 e. The van der Waals surface area contributed by atoms with E-state index in [1.165, 1.54) is 0 Å². The number of anilines is 1. The minimum absolute atomic E-state index is 0. The van der Waals surface area contributed by atoms with Gasteiger partial charge in [0, 0.05) is 5.69 Å². The van der Waals surface area contributed by atoms with Gasteiger partial charge >= 0.3 is 57.4 Å². The Morgan fingerprint density at radius 1 is 1.25 bits per heavy atom. The van der Waals surface area contributed by atoms with Gasteiger partial charge in [-0.1, -0.05) is 18.2 Å². The summed E-state index contributed by atoms with van der Waals surface area (Å²) in [4.78, 5) is 21.8. The summed E-state index contributed by atoms with van der Waals surface area (Å²) in [5, 5.41) is 11.1. The van der Waals surface area contributed by atoms with Crippen LogP contribution in [0, 0.1) is 0 Å². The fourth-order valence-corrected chi connectivity index (χ4v) is 1.23. The van der Waals surface area contributed by atoms with Gasteiger partial charge < -0.3 is 16.6 Å². The molecule has 0 bridgehead atoms. The first-order valence-electron chi connectivity index (χ1n) is 4.42. The number of carboxylic acids is 1. The molecule has 80 valence electrons. The van der Waals surface area contributed by atoms with E-state index in [-0.39, 0.29) is 52.8 Å². The zero-order valence-corrected chi connectivity index (χ0v) is 11.8. The molecule has 0 spiro atoms. The van der Waals surface area contributed by atoms with Crippen LogP contribution in [-0.4, -0.2) is 29.2 Å². The second-order valence-electron chi connectivity index (χ2n) is 3.17. The Morgan fingerprint density at radius 2 is 1.88 bits per heavy atom. The van der Waals surface area contributed by atoms with Crippen LogP contribution in [0.25, 0.3) is 0 Å². The number of hydrogen-bond donors (Lipinski definition) is 2. The number of carbonyl (C=O) groups is 2. The van der Waals surface area contributed by atoms with Crippen molar-refractivity contribution in [1.82, 2.24) is 0 Å². The Kier molecular flexibility index (Phi) is 5.10. The number of hydrogen-bond acceptors (Lipinski definition) is 3. The maximum absolute atomic E-state index is 11.4. The van der Waals surface area contributed by atoms with Crippen LogP contribution in [0.4, 0.5) is 5.69 Å². The van der Waals surface area contributed by atoms with E-state index in [4.69, 9.17) is 9.84 Å². The maximum Gasteiger partial charge on any atom is 1.00 e. The molecule has 1 fully saturated rings. The fraction of sp³-hybridized carbons (Fsp3) is 0.200. The second-order valence-corrected chi connectivity index (χ2v) is 3.17. The Morgan fingerprint density at radius 3 is 2.38 bits per heavy atom. The van der Waals surface area contributed by atoms with Gasteiger partial charge in [0.05, 0.1) is 0 Å². The molecule has 1 aromatic carbocycles. The Hall–Kier alpha value is -0.244. The molecule has 1 saturated heterocycles. The molecule has 0 radical (unpaired) electrons. The summed E-state index contributed by atoms with van der Waals surface area (Å²) in [7, 11) is 0. The third-order valence-electron chi connectivity index (χ3n) is 2.03. The molecule has 1 amide bonds. The Balaban J connectivity index is 0.00000128. The third-order valence-corrected chi connectivity index (χ3v) is 2.03. The predicted octanol–water partition coefficient (Wildman–Crippen LogP) is -2.41. The average Bonchev–Trinajstić information content (AvgIpc) is 2.98. The molecular weight excluding hydrogens is 237 g/mol. The molecule has 1 heterocycles. The van der Waals surface area contributed by atoms with E-state index in [2.05, 4.69) is 5.32 Å². The number of ether oxygens (including phenoxy) is 1. The molecule has 0 saturated carbocycles. The minimum Gasteiger partial charge on any atom is -1.00 e. The fourth-order valence-electron chi connectivity index (χ4n) is 1.23. The van der Waals surface area contributed by atoms with Crippen LogP contribution in [0.5, 0.6) is 0 Å². The number of nitrogens with one attached hydrogen (secondary N) is 1. The molecule has 2 unspecified atom stereocenters. The van der Waals surface area contributed by atoms with Gasteiger partial charge in [-0.25, -0.2) is 4.79 Å². The monoisotopic (exact) mass is 247 g/mol. The number of para-hydroxylation sites is 1. The van der Waals surface area contributed by atoms with Crippen molar-refractivity contribution in [2.45, 2.75) is 12.2 Å².